The number of nitrogens with two attached hydrogens (primary N) is 2. The molecule has 4 amide bonds. The van der Waals surface area contributed by atoms with Crippen LogP contribution in [0, 0.1) is 5.92 Å². The molecule has 0 aromatic heterocycles. The second-order valence-electron chi connectivity index (χ2n) is 9.23. The average Bonchev–Trinajstić information content (AvgIpc) is 2.81. The van der Waals surface area contributed by atoms with Gasteiger partial charge in [-0.25, -0.2) is 4.79 Å². The maximum absolute atomic E-state index is 13.0. The van der Waals surface area contributed by atoms with Crippen LogP contribution in [0.3, 0.4) is 0 Å². The van der Waals surface area contributed by atoms with E-state index in [4.69, 9.17) is 16.6 Å². The number of carboxylic acids is 2. The lowest BCUT2D eigenvalue weighted by atomic mass is 10.0. The molecular formula is C24H35N5O9. The van der Waals surface area contributed by atoms with E-state index in [1.54, 1.807) is 26.0 Å². The molecule has 0 aliphatic rings. The summed E-state index contributed by atoms with van der Waals surface area (Å²) >= 11 is 0. The van der Waals surface area contributed by atoms with Gasteiger partial charge < -0.3 is 42.7 Å². The third-order valence-electron chi connectivity index (χ3n) is 5.37. The fraction of sp³-hybridized carbons (Fsp3) is 0.500. The standard InChI is InChI=1S/C24H35N5O9/c1-12(2)9-18(24(37)38)29-23(36)17(11-19(26)31)28-22(35)16(7-8-20(32)33)27-21(34)15(25)10-13-3-5-14(30)6-4-13/h3-6,12,15-18,30H,7-11,25H2,1-2H3,(H2,26,31)(H,27,34)(H,28,35)(H,29,36)(H,32,33)(H,37,38). The van der Waals surface area contributed by atoms with Gasteiger partial charge in [-0.3, -0.25) is 24.0 Å². The third-order valence-corrected chi connectivity index (χ3v) is 5.37. The molecule has 0 fully saturated rings. The van der Waals surface area contributed by atoms with Crippen molar-refractivity contribution in [3.05, 3.63) is 29.8 Å². The molecule has 0 spiro atoms. The number of nitrogens with one attached hydrogen (secondary N) is 3. The quantitative estimate of drug-likeness (QED) is 0.122. The van der Waals surface area contributed by atoms with Crippen molar-refractivity contribution in [1.82, 2.24) is 16.0 Å². The van der Waals surface area contributed by atoms with Crippen LogP contribution in [0.5, 0.6) is 5.75 Å². The van der Waals surface area contributed by atoms with Gasteiger partial charge in [0.15, 0.2) is 0 Å². The predicted octanol–water partition coefficient (Wildman–Crippen LogP) is -1.41. The number of amides is 4. The summed E-state index contributed by atoms with van der Waals surface area (Å²) in [6, 6.07) is 0.447. The summed E-state index contributed by atoms with van der Waals surface area (Å²) < 4.78 is 0. The van der Waals surface area contributed by atoms with Gasteiger partial charge in [-0.05, 0) is 42.9 Å². The molecule has 0 aliphatic heterocycles. The van der Waals surface area contributed by atoms with Crippen molar-refractivity contribution in [3.63, 3.8) is 0 Å². The fourth-order valence-corrected chi connectivity index (χ4v) is 3.44. The summed E-state index contributed by atoms with van der Waals surface area (Å²) in [5.74, 6) is -6.38. The summed E-state index contributed by atoms with van der Waals surface area (Å²) in [5, 5.41) is 34.7. The largest absolute Gasteiger partial charge is 0.508 e. The van der Waals surface area contributed by atoms with Gasteiger partial charge in [0.2, 0.25) is 23.6 Å². The van der Waals surface area contributed by atoms with E-state index in [1.165, 1.54) is 12.1 Å². The van der Waals surface area contributed by atoms with E-state index in [-0.39, 0.29) is 30.9 Å². The highest BCUT2D eigenvalue weighted by molar-refractivity contribution is 5.96. The molecule has 0 radical (unpaired) electrons. The molecule has 14 nitrogen and oxygen atoms in total. The Bertz CT molecular complexity index is 1010. The molecular weight excluding hydrogens is 502 g/mol. The number of phenols is 1. The van der Waals surface area contributed by atoms with Crippen molar-refractivity contribution in [2.24, 2.45) is 17.4 Å². The molecule has 0 aliphatic carbocycles. The number of rotatable bonds is 16. The summed E-state index contributed by atoms with van der Waals surface area (Å²) in [6.07, 6.45) is -1.44. The van der Waals surface area contributed by atoms with Crippen LogP contribution in [0.25, 0.3) is 0 Å². The van der Waals surface area contributed by atoms with Crippen molar-refractivity contribution >= 4 is 35.6 Å². The highest BCUT2D eigenvalue weighted by atomic mass is 16.4. The van der Waals surface area contributed by atoms with Crippen molar-refractivity contribution in [3.8, 4) is 5.75 Å². The molecule has 14 heteroatoms. The van der Waals surface area contributed by atoms with E-state index < -0.39 is 72.6 Å². The Labute approximate surface area is 219 Å². The molecule has 38 heavy (non-hydrogen) atoms. The van der Waals surface area contributed by atoms with E-state index in [9.17, 15) is 39.0 Å². The van der Waals surface area contributed by atoms with E-state index >= 15 is 0 Å². The van der Waals surface area contributed by atoms with Crippen molar-refractivity contribution in [2.75, 3.05) is 0 Å². The monoisotopic (exact) mass is 537 g/mol. The molecule has 210 valence electrons. The first-order valence-corrected chi connectivity index (χ1v) is 11.9. The molecule has 1 rings (SSSR count). The highest BCUT2D eigenvalue weighted by Crippen LogP contribution is 2.11. The van der Waals surface area contributed by atoms with Crippen LogP contribution in [0.1, 0.15) is 45.1 Å². The van der Waals surface area contributed by atoms with Crippen LogP contribution < -0.4 is 27.4 Å². The summed E-state index contributed by atoms with van der Waals surface area (Å²) in [4.78, 5) is 72.5. The molecule has 0 saturated heterocycles. The molecule has 1 aromatic rings. The Balaban J connectivity index is 3.01. The van der Waals surface area contributed by atoms with Crippen LogP contribution >= 0.6 is 0 Å². The molecule has 10 N–H and O–H groups in total. The number of aromatic hydroxyl groups is 1. The number of carbonyl (C=O) groups is 6. The minimum Gasteiger partial charge on any atom is -0.508 e. The van der Waals surface area contributed by atoms with Gasteiger partial charge in [0.1, 0.15) is 23.9 Å². The smallest absolute Gasteiger partial charge is 0.326 e. The van der Waals surface area contributed by atoms with E-state index in [1.807, 2.05) is 0 Å². The second kappa shape index (κ2) is 15.1. The lowest BCUT2D eigenvalue weighted by molar-refractivity contribution is -0.143. The zero-order valence-corrected chi connectivity index (χ0v) is 21.2. The van der Waals surface area contributed by atoms with Crippen LogP contribution in [-0.2, 0) is 35.2 Å². The van der Waals surface area contributed by atoms with Crippen LogP contribution in [0.4, 0.5) is 0 Å². The number of benzene rings is 1. The lowest BCUT2D eigenvalue weighted by Crippen LogP contribution is -2.58. The highest BCUT2D eigenvalue weighted by Gasteiger charge is 2.31. The van der Waals surface area contributed by atoms with Crippen molar-refractivity contribution in [2.45, 2.75) is 70.1 Å². The van der Waals surface area contributed by atoms with Gasteiger partial charge in [0.05, 0.1) is 12.5 Å². The molecule has 0 saturated carbocycles. The van der Waals surface area contributed by atoms with Gasteiger partial charge in [0.25, 0.3) is 0 Å². The number of primary amides is 1. The van der Waals surface area contributed by atoms with Crippen LogP contribution in [0.2, 0.25) is 0 Å². The zero-order chi connectivity index (χ0) is 29.0. The Morgan fingerprint density at radius 2 is 1.37 bits per heavy atom. The predicted molar refractivity (Wildman–Crippen MR) is 133 cm³/mol. The molecule has 4 unspecified atom stereocenters. The van der Waals surface area contributed by atoms with Gasteiger partial charge in [-0.15, -0.1) is 0 Å². The van der Waals surface area contributed by atoms with Crippen molar-refractivity contribution in [1.29, 1.82) is 0 Å². The summed E-state index contributed by atoms with van der Waals surface area (Å²) in [7, 11) is 0. The first-order valence-electron chi connectivity index (χ1n) is 11.9. The van der Waals surface area contributed by atoms with Gasteiger partial charge in [-0.2, -0.15) is 0 Å². The molecule has 4 atom stereocenters. The molecule has 0 heterocycles. The first kappa shape index (κ1) is 31.8. The SMILES string of the molecule is CC(C)CC(NC(=O)C(CC(N)=O)NC(=O)C(CCC(=O)O)NC(=O)C(N)Cc1ccc(O)cc1)C(=O)O. The lowest BCUT2D eigenvalue weighted by Gasteiger charge is -2.25. The molecule has 0 bridgehead atoms. The van der Waals surface area contributed by atoms with Crippen LogP contribution in [0.15, 0.2) is 24.3 Å². The van der Waals surface area contributed by atoms with Crippen molar-refractivity contribution < 1.29 is 44.1 Å². The zero-order valence-electron chi connectivity index (χ0n) is 21.2. The number of carbonyl (C=O) groups excluding carboxylic acids is 4. The number of phenolic OH excluding ortho intramolecular Hbond substituents is 1. The number of hydrogen-bond donors (Lipinski definition) is 8. The maximum atomic E-state index is 13.0. The van der Waals surface area contributed by atoms with Crippen LogP contribution in [-0.4, -0.2) is 75.1 Å². The average molecular weight is 538 g/mol. The second-order valence-corrected chi connectivity index (χ2v) is 9.23. The summed E-state index contributed by atoms with van der Waals surface area (Å²) in [5.41, 5.74) is 11.7. The Morgan fingerprint density at radius 3 is 1.87 bits per heavy atom. The fourth-order valence-electron chi connectivity index (χ4n) is 3.44. The number of aliphatic carboxylic acids is 2. The topological polar surface area (TPSA) is 251 Å². The van der Waals surface area contributed by atoms with E-state index in [2.05, 4.69) is 16.0 Å². The van der Waals surface area contributed by atoms with Gasteiger partial charge in [0, 0.05) is 6.42 Å². The van der Waals surface area contributed by atoms with E-state index in [0.717, 1.165) is 0 Å². The van der Waals surface area contributed by atoms with Gasteiger partial charge in [-0.1, -0.05) is 26.0 Å². The minimum atomic E-state index is -1.58. The Kier molecular flexibility index (Phi) is 12.7. The van der Waals surface area contributed by atoms with E-state index in [0.29, 0.717) is 5.56 Å². The first-order chi connectivity index (χ1) is 17.7. The molecule has 1 aromatic carbocycles. The Morgan fingerprint density at radius 1 is 0.842 bits per heavy atom. The normalized spacial score (nSPS) is 14.0. The maximum Gasteiger partial charge on any atom is 0.326 e. The Hall–Kier alpha value is -4.20. The summed E-state index contributed by atoms with van der Waals surface area (Å²) in [6.45, 7) is 3.49. The third kappa shape index (κ3) is 11.7. The number of hydrogen-bond acceptors (Lipinski definition) is 8. The van der Waals surface area contributed by atoms with Gasteiger partial charge >= 0.3 is 11.9 Å². The number of carboxylic acid groups (broad SMARTS) is 2. The minimum absolute atomic E-state index is 0.0191.